The van der Waals surface area contributed by atoms with Crippen molar-refractivity contribution in [3.05, 3.63) is 0 Å². The molecule has 0 saturated carbocycles. The van der Waals surface area contributed by atoms with E-state index in [1.165, 1.54) is 0 Å². The lowest BCUT2D eigenvalue weighted by molar-refractivity contribution is 0.0112. The fourth-order valence-electron chi connectivity index (χ4n) is 2.38. The summed E-state index contributed by atoms with van der Waals surface area (Å²) in [6.07, 6.45) is 8.05. The molecule has 1 amide bonds. The van der Waals surface area contributed by atoms with Crippen molar-refractivity contribution < 1.29 is 9.53 Å². The van der Waals surface area contributed by atoms with Gasteiger partial charge in [-0.25, -0.2) is 4.79 Å². The minimum absolute atomic E-state index is 0.190. The van der Waals surface area contributed by atoms with Gasteiger partial charge in [-0.1, -0.05) is 6.92 Å². The highest BCUT2D eigenvalue weighted by molar-refractivity contribution is 5.68. The molecule has 1 rings (SSSR count). The summed E-state index contributed by atoms with van der Waals surface area (Å²) in [6, 6.07) is 0. The second kappa shape index (κ2) is 6.13. The Morgan fingerprint density at radius 2 is 2.17 bits per heavy atom. The van der Waals surface area contributed by atoms with E-state index in [9.17, 15) is 4.79 Å². The molecule has 0 aliphatic carbocycles. The molecule has 1 fully saturated rings. The second-order valence-corrected chi connectivity index (χ2v) is 6.20. The summed E-state index contributed by atoms with van der Waals surface area (Å²) in [5, 5.41) is 0. The minimum Gasteiger partial charge on any atom is -0.444 e. The van der Waals surface area contributed by atoms with Crippen molar-refractivity contribution in [2.45, 2.75) is 52.6 Å². The Labute approximate surface area is 111 Å². The first-order valence-electron chi connectivity index (χ1n) is 6.75. The van der Waals surface area contributed by atoms with Crippen molar-refractivity contribution >= 4 is 6.09 Å². The number of rotatable bonds is 2. The number of carbonyl (C=O) groups is 1. The van der Waals surface area contributed by atoms with E-state index in [0.717, 1.165) is 32.4 Å². The Morgan fingerprint density at radius 3 is 2.67 bits per heavy atom. The van der Waals surface area contributed by atoms with Crippen molar-refractivity contribution in [1.29, 1.82) is 0 Å². The minimum atomic E-state index is -0.416. The summed E-state index contributed by atoms with van der Waals surface area (Å²) in [5.74, 6) is 3.83. The van der Waals surface area contributed by atoms with E-state index in [2.05, 4.69) is 12.8 Å². The van der Waals surface area contributed by atoms with Crippen LogP contribution >= 0.6 is 0 Å². The molecular formula is C15H25NO2. The number of nitrogens with zero attached hydrogens (tertiary/aromatic N) is 1. The van der Waals surface area contributed by atoms with Gasteiger partial charge in [0.15, 0.2) is 0 Å². The third-order valence-corrected chi connectivity index (χ3v) is 3.39. The van der Waals surface area contributed by atoms with Crippen LogP contribution in [0.5, 0.6) is 0 Å². The maximum Gasteiger partial charge on any atom is 0.410 e. The smallest absolute Gasteiger partial charge is 0.410 e. The lowest BCUT2D eigenvalue weighted by Gasteiger charge is -2.37. The van der Waals surface area contributed by atoms with Crippen LogP contribution in [0.4, 0.5) is 4.79 Å². The van der Waals surface area contributed by atoms with Gasteiger partial charge in [-0.2, -0.15) is 0 Å². The lowest BCUT2D eigenvalue weighted by Crippen LogP contribution is -2.45. The molecule has 0 spiro atoms. The molecule has 0 N–H and O–H groups in total. The van der Waals surface area contributed by atoms with E-state index in [0.29, 0.717) is 11.8 Å². The number of terminal acetylenes is 1. The van der Waals surface area contributed by atoms with Crippen LogP contribution in [0.15, 0.2) is 0 Å². The SMILES string of the molecule is C#CCCC1CCN(C(=O)OC(C)(C)C)CC1C. The zero-order valence-electron chi connectivity index (χ0n) is 12.0. The third-order valence-electron chi connectivity index (χ3n) is 3.39. The van der Waals surface area contributed by atoms with E-state index in [1.807, 2.05) is 25.7 Å². The third kappa shape index (κ3) is 4.60. The molecule has 1 aliphatic rings. The molecule has 0 bridgehead atoms. The Morgan fingerprint density at radius 1 is 1.50 bits per heavy atom. The molecule has 1 saturated heterocycles. The maximum atomic E-state index is 12.0. The Balaban J connectivity index is 2.45. The van der Waals surface area contributed by atoms with Crippen LogP contribution in [0.3, 0.4) is 0 Å². The van der Waals surface area contributed by atoms with Gasteiger partial charge in [0.2, 0.25) is 0 Å². The Hall–Kier alpha value is -1.17. The van der Waals surface area contributed by atoms with Crippen LogP contribution in [0.25, 0.3) is 0 Å². The van der Waals surface area contributed by atoms with Crippen molar-refractivity contribution in [2.24, 2.45) is 11.8 Å². The largest absolute Gasteiger partial charge is 0.444 e. The van der Waals surface area contributed by atoms with E-state index < -0.39 is 5.60 Å². The fourth-order valence-corrected chi connectivity index (χ4v) is 2.38. The molecule has 2 atom stereocenters. The molecule has 18 heavy (non-hydrogen) atoms. The first-order valence-corrected chi connectivity index (χ1v) is 6.75. The average Bonchev–Trinajstić information content (AvgIpc) is 2.25. The van der Waals surface area contributed by atoms with Crippen LogP contribution in [-0.2, 0) is 4.74 Å². The van der Waals surface area contributed by atoms with Crippen molar-refractivity contribution in [2.75, 3.05) is 13.1 Å². The second-order valence-electron chi connectivity index (χ2n) is 6.20. The van der Waals surface area contributed by atoms with Gasteiger partial charge in [0.1, 0.15) is 5.60 Å². The van der Waals surface area contributed by atoms with Crippen LogP contribution in [0, 0.1) is 24.2 Å². The fraction of sp³-hybridized carbons (Fsp3) is 0.800. The summed E-state index contributed by atoms with van der Waals surface area (Å²) < 4.78 is 5.40. The molecule has 3 nitrogen and oxygen atoms in total. The molecule has 1 heterocycles. The molecule has 0 aromatic carbocycles. The molecule has 0 radical (unpaired) electrons. The number of hydrogen-bond donors (Lipinski definition) is 0. The zero-order valence-corrected chi connectivity index (χ0v) is 12.0. The predicted octanol–water partition coefficient (Wildman–Crippen LogP) is 3.29. The summed E-state index contributed by atoms with van der Waals surface area (Å²) in [6.45, 7) is 9.45. The Kier molecular flexibility index (Phi) is 5.07. The predicted molar refractivity (Wildman–Crippen MR) is 73.1 cm³/mol. The van der Waals surface area contributed by atoms with E-state index in [4.69, 9.17) is 11.2 Å². The highest BCUT2D eigenvalue weighted by Gasteiger charge is 2.30. The first-order chi connectivity index (χ1) is 8.33. The number of ether oxygens (including phenoxy) is 1. The molecule has 102 valence electrons. The molecule has 2 unspecified atom stereocenters. The summed E-state index contributed by atoms with van der Waals surface area (Å²) in [7, 11) is 0. The van der Waals surface area contributed by atoms with Crippen LogP contribution in [-0.4, -0.2) is 29.7 Å². The Bertz CT molecular complexity index is 324. The van der Waals surface area contributed by atoms with Gasteiger partial charge in [-0.15, -0.1) is 12.3 Å². The van der Waals surface area contributed by atoms with Gasteiger partial charge >= 0.3 is 6.09 Å². The van der Waals surface area contributed by atoms with Crippen LogP contribution < -0.4 is 0 Å². The van der Waals surface area contributed by atoms with Gasteiger partial charge in [0, 0.05) is 19.5 Å². The van der Waals surface area contributed by atoms with E-state index >= 15 is 0 Å². The molecule has 0 aromatic rings. The summed E-state index contributed by atoms with van der Waals surface area (Å²) in [5.41, 5.74) is -0.416. The number of piperidine rings is 1. The number of amides is 1. The summed E-state index contributed by atoms with van der Waals surface area (Å²) >= 11 is 0. The quantitative estimate of drug-likeness (QED) is 0.705. The maximum absolute atomic E-state index is 12.0. The monoisotopic (exact) mass is 251 g/mol. The summed E-state index contributed by atoms with van der Waals surface area (Å²) in [4.78, 5) is 13.8. The molecular weight excluding hydrogens is 226 g/mol. The highest BCUT2D eigenvalue weighted by atomic mass is 16.6. The topological polar surface area (TPSA) is 29.5 Å². The van der Waals surface area contributed by atoms with Crippen LogP contribution in [0.1, 0.15) is 47.0 Å². The number of likely N-dealkylation sites (tertiary alicyclic amines) is 1. The van der Waals surface area contributed by atoms with E-state index in [-0.39, 0.29) is 6.09 Å². The zero-order chi connectivity index (χ0) is 13.8. The molecule has 0 aromatic heterocycles. The van der Waals surface area contributed by atoms with E-state index in [1.54, 1.807) is 0 Å². The number of carbonyl (C=O) groups excluding carboxylic acids is 1. The van der Waals surface area contributed by atoms with Gasteiger partial charge in [0.05, 0.1) is 0 Å². The number of hydrogen-bond acceptors (Lipinski definition) is 2. The van der Waals surface area contributed by atoms with Crippen molar-refractivity contribution in [1.82, 2.24) is 4.90 Å². The first kappa shape index (κ1) is 14.9. The normalized spacial score (nSPS) is 24.5. The van der Waals surface area contributed by atoms with Gasteiger partial charge < -0.3 is 9.64 Å². The molecule has 1 aliphatic heterocycles. The van der Waals surface area contributed by atoms with Crippen molar-refractivity contribution in [3.8, 4) is 12.3 Å². The molecule has 3 heteroatoms. The van der Waals surface area contributed by atoms with Crippen molar-refractivity contribution in [3.63, 3.8) is 0 Å². The van der Waals surface area contributed by atoms with Gasteiger partial charge in [-0.05, 0) is 45.4 Å². The van der Waals surface area contributed by atoms with Crippen LogP contribution in [0.2, 0.25) is 0 Å². The van der Waals surface area contributed by atoms with Gasteiger partial charge in [-0.3, -0.25) is 0 Å². The average molecular weight is 251 g/mol. The van der Waals surface area contributed by atoms with Gasteiger partial charge in [0.25, 0.3) is 0 Å². The lowest BCUT2D eigenvalue weighted by atomic mass is 9.84. The standard InChI is InChI=1S/C15H25NO2/c1-6-7-8-13-9-10-16(11-12(13)2)14(17)18-15(3,4)5/h1,12-13H,7-11H2,2-5H3. The highest BCUT2D eigenvalue weighted by Crippen LogP contribution is 2.28.